The van der Waals surface area contributed by atoms with E-state index in [4.69, 9.17) is 0 Å². The molecule has 2 nitrogen and oxygen atoms in total. The second-order valence-corrected chi connectivity index (χ2v) is 2.36. The molecule has 0 aromatic carbocycles. The van der Waals surface area contributed by atoms with Crippen molar-refractivity contribution in [3.05, 3.63) is 0 Å². The Balaban J connectivity index is 3.60. The smallest absolute Gasteiger partial charge is 0.0250 e. The third-order valence-corrected chi connectivity index (χ3v) is 0.892. The molecule has 0 aromatic heterocycles. The summed E-state index contributed by atoms with van der Waals surface area (Å²) in [5, 5.41) is 1.92. The minimum absolute atomic E-state index is 1.75. The molecule has 32 valence electrons. The van der Waals surface area contributed by atoms with Crippen molar-refractivity contribution in [1.29, 1.82) is 0 Å². The molecule has 0 saturated heterocycles. The molecule has 0 aliphatic heterocycles. The van der Waals surface area contributed by atoms with Crippen LogP contribution in [-0.4, -0.2) is 5.16 Å². The Morgan fingerprint density at radius 3 is 2.50 bits per heavy atom. The number of thiol groups is 1. The third-order valence-electron chi connectivity index (χ3n) is 0.126. The molecule has 1 unspecified atom stereocenters. The van der Waals surface area contributed by atoms with Gasteiger partial charge in [0.2, 0.25) is 0 Å². The summed E-state index contributed by atoms with van der Waals surface area (Å²) in [7, 11) is -1.75. The van der Waals surface area contributed by atoms with Gasteiger partial charge in [0, 0.05) is 4.76 Å². The van der Waals surface area contributed by atoms with Gasteiger partial charge in [-0.15, -0.1) is 0 Å². The van der Waals surface area contributed by atoms with Crippen LogP contribution in [0, 0.1) is 0 Å². The molecule has 0 bridgehead atoms. The number of thiocarbonyl (C=S) groups is 1. The van der Waals surface area contributed by atoms with Crippen molar-refractivity contribution in [3.8, 4) is 0 Å². The summed E-state index contributed by atoms with van der Waals surface area (Å²) in [6.07, 6.45) is 0. The second kappa shape index (κ2) is 3.44. The number of nitrogens with zero attached hydrogens (tertiary/aromatic N) is 1. The van der Waals surface area contributed by atoms with Gasteiger partial charge >= 0.3 is 7.15 Å². The minimum Gasteiger partial charge on any atom is -0.0250 e. The zero-order valence-electron chi connectivity index (χ0n) is 2.66. The number of hydrogen-bond acceptors (Lipinski definition) is 2. The zero-order chi connectivity index (χ0) is 4.99. The number of hydrogen-bond donors (Lipinski definition) is 1. The van der Waals surface area contributed by atoms with Crippen LogP contribution < -0.4 is 0 Å². The molecule has 5 heteroatoms. The number of rotatable bonds is 1. The fourth-order valence-corrected chi connectivity index (χ4v) is 0.643. The fourth-order valence-electron chi connectivity index (χ4n) is 0.0349. The second-order valence-electron chi connectivity index (χ2n) is 0.444. The van der Waals surface area contributed by atoms with Gasteiger partial charge in [-0.05, 0) is 16.8 Å². The van der Waals surface area contributed by atoms with Crippen LogP contribution in [0.2, 0.25) is 0 Å². The van der Waals surface area contributed by atoms with Crippen LogP contribution in [0.3, 0.4) is 0 Å². The highest BCUT2D eigenvalue weighted by Gasteiger charge is 1.98. The molecule has 0 saturated carbocycles. The molecular weight excluding hydrogens is 137 g/mol. The highest BCUT2D eigenvalue weighted by Crippen LogP contribution is 2.25. The first kappa shape index (κ1) is 6.25. The predicted octanol–water partition coefficient (Wildman–Crippen LogP) is 1.68. The Bertz CT molecular complexity index is 106. The molecular formula is CHNOPS2+. The van der Waals surface area contributed by atoms with E-state index < -0.39 is 7.15 Å². The van der Waals surface area contributed by atoms with Crippen LogP contribution in [-0.2, 0) is 4.57 Å². The molecule has 6 heavy (non-hydrogen) atoms. The molecule has 0 aliphatic carbocycles. The lowest BCUT2D eigenvalue weighted by molar-refractivity contribution is 0.597. The predicted molar refractivity (Wildman–Crippen MR) is 31.6 cm³/mol. The average molecular weight is 138 g/mol. The van der Waals surface area contributed by atoms with Gasteiger partial charge in [-0.3, -0.25) is 0 Å². The molecule has 0 fully saturated rings. The lowest BCUT2D eigenvalue weighted by Gasteiger charge is -1.41. The quantitative estimate of drug-likeness (QED) is 0.258. The Labute approximate surface area is 46.7 Å². The van der Waals surface area contributed by atoms with Crippen LogP contribution in [0.25, 0.3) is 0 Å². The number of isothiocyanates is 1. The maximum Gasteiger partial charge on any atom is 0.567 e. The van der Waals surface area contributed by atoms with Crippen molar-refractivity contribution < 1.29 is 4.57 Å². The summed E-state index contributed by atoms with van der Waals surface area (Å²) in [5.74, 6) is 0. The minimum atomic E-state index is -1.75. The molecule has 0 aliphatic rings. The van der Waals surface area contributed by atoms with Crippen LogP contribution in [0.4, 0.5) is 0 Å². The third kappa shape index (κ3) is 4.25. The lowest BCUT2D eigenvalue weighted by Crippen LogP contribution is -1.29. The summed E-state index contributed by atoms with van der Waals surface area (Å²) < 4.78 is 12.8. The first-order valence-corrected chi connectivity index (χ1v) is 3.78. The van der Waals surface area contributed by atoms with E-state index in [0.717, 1.165) is 0 Å². The molecule has 1 atom stereocenters. The maximum atomic E-state index is 9.76. The monoisotopic (exact) mass is 138 g/mol. The van der Waals surface area contributed by atoms with Gasteiger partial charge in [0.1, 0.15) is 17.4 Å². The van der Waals surface area contributed by atoms with E-state index >= 15 is 0 Å². The average Bonchev–Trinajstić information content (AvgIpc) is 1.35. The van der Waals surface area contributed by atoms with Crippen LogP contribution in [0.1, 0.15) is 0 Å². The van der Waals surface area contributed by atoms with Crippen LogP contribution in [0.5, 0.6) is 0 Å². The molecule has 0 aromatic rings. The molecule has 0 N–H and O–H groups in total. The van der Waals surface area contributed by atoms with E-state index in [9.17, 15) is 4.57 Å². The van der Waals surface area contributed by atoms with Gasteiger partial charge in [-0.25, -0.2) is 0 Å². The molecule has 0 heterocycles. The summed E-state index contributed by atoms with van der Waals surface area (Å²) >= 11 is 7.47. The van der Waals surface area contributed by atoms with Crippen molar-refractivity contribution in [2.24, 2.45) is 4.76 Å². The zero-order valence-corrected chi connectivity index (χ0v) is 5.26. The summed E-state index contributed by atoms with van der Waals surface area (Å²) in [6, 6.07) is 0. The molecule has 0 spiro atoms. The van der Waals surface area contributed by atoms with Crippen molar-refractivity contribution in [3.63, 3.8) is 0 Å². The van der Waals surface area contributed by atoms with Crippen molar-refractivity contribution >= 4 is 36.8 Å². The van der Waals surface area contributed by atoms with E-state index in [1.54, 1.807) is 0 Å². The van der Waals surface area contributed by atoms with E-state index in [2.05, 4.69) is 29.2 Å². The van der Waals surface area contributed by atoms with Gasteiger partial charge in [-0.1, -0.05) is 0 Å². The summed E-state index contributed by atoms with van der Waals surface area (Å²) in [5.41, 5.74) is 0. The topological polar surface area (TPSA) is 29.4 Å². The molecule has 0 amide bonds. The molecule has 0 rings (SSSR count). The largest absolute Gasteiger partial charge is 0.567 e. The summed E-state index contributed by atoms with van der Waals surface area (Å²) in [4.78, 5) is 0. The van der Waals surface area contributed by atoms with E-state index in [1.165, 1.54) is 0 Å². The highest BCUT2D eigenvalue weighted by atomic mass is 32.7. The van der Waals surface area contributed by atoms with Gasteiger partial charge in [0.25, 0.3) is 0 Å². The van der Waals surface area contributed by atoms with E-state index in [1.807, 2.05) is 5.16 Å². The highest BCUT2D eigenvalue weighted by molar-refractivity contribution is 8.40. The Kier molecular flexibility index (Phi) is 3.58. The standard InChI is InChI=1S/CNOPS2/c3-4(6)2-1-5/p+1. The Morgan fingerprint density at radius 2 is 2.50 bits per heavy atom. The van der Waals surface area contributed by atoms with Gasteiger partial charge < -0.3 is 0 Å². The first-order chi connectivity index (χ1) is 2.77. The SMILES string of the molecule is O=[P+](S)N=C=S. The van der Waals surface area contributed by atoms with E-state index in [0.29, 0.717) is 0 Å². The van der Waals surface area contributed by atoms with Gasteiger partial charge in [-0.2, -0.15) is 0 Å². The maximum absolute atomic E-state index is 9.76. The lowest BCUT2D eigenvalue weighted by atomic mass is 11.8. The fraction of sp³-hybridized carbons (Fsp3) is 0. The van der Waals surface area contributed by atoms with Gasteiger partial charge in [0.15, 0.2) is 0 Å². The van der Waals surface area contributed by atoms with Crippen LogP contribution in [0.15, 0.2) is 4.76 Å². The van der Waals surface area contributed by atoms with Crippen LogP contribution >= 0.6 is 31.6 Å². The van der Waals surface area contributed by atoms with Gasteiger partial charge in [0.05, 0.1) is 0 Å². The van der Waals surface area contributed by atoms with E-state index in [-0.39, 0.29) is 0 Å². The van der Waals surface area contributed by atoms with Crippen molar-refractivity contribution in [2.75, 3.05) is 0 Å². The Morgan fingerprint density at radius 1 is 2.00 bits per heavy atom. The molecule has 0 radical (unpaired) electrons. The van der Waals surface area contributed by atoms with Crippen molar-refractivity contribution in [2.45, 2.75) is 0 Å². The van der Waals surface area contributed by atoms with Crippen molar-refractivity contribution in [1.82, 2.24) is 0 Å². The Hall–Kier alpha value is 0.250. The first-order valence-electron chi connectivity index (χ1n) is 1.01. The summed E-state index contributed by atoms with van der Waals surface area (Å²) in [6.45, 7) is 0. The normalized spacial score (nSPS) is 9.17.